The van der Waals surface area contributed by atoms with E-state index in [0.29, 0.717) is 0 Å². The van der Waals surface area contributed by atoms with Gasteiger partial charge in [-0.05, 0) is 51.2 Å². The van der Waals surface area contributed by atoms with Gasteiger partial charge in [-0.2, -0.15) is 0 Å². The molecule has 0 amide bonds. The van der Waals surface area contributed by atoms with E-state index in [9.17, 15) is 0 Å². The fourth-order valence-corrected chi connectivity index (χ4v) is 7.60. The van der Waals surface area contributed by atoms with Gasteiger partial charge in [0.1, 0.15) is 0 Å². The summed E-state index contributed by atoms with van der Waals surface area (Å²) in [6, 6.07) is 8.36. The largest absolute Gasteiger partial charge is 0.450 e. The molecule has 1 nitrogen and oxygen atoms in total. The smallest absolute Gasteiger partial charge is 0.226 e. The second-order valence-electron chi connectivity index (χ2n) is 5.89. The lowest BCUT2D eigenvalue weighted by atomic mass is 10.1. The van der Waals surface area contributed by atoms with Gasteiger partial charge in [-0.3, -0.25) is 0 Å². The molecule has 0 atom stereocenters. The predicted molar refractivity (Wildman–Crippen MR) is 92.4 cm³/mol. The van der Waals surface area contributed by atoms with Crippen molar-refractivity contribution in [2.24, 2.45) is 0 Å². The molecule has 1 rings (SSSR count). The summed E-state index contributed by atoms with van der Waals surface area (Å²) in [6.07, 6.45) is 0. The fourth-order valence-electron chi connectivity index (χ4n) is 1.49. The van der Waals surface area contributed by atoms with Crippen LogP contribution in [0.5, 0.6) is 0 Å². The minimum Gasteiger partial charge on any atom is -0.450 e. The second kappa shape index (κ2) is 7.63. The van der Waals surface area contributed by atoms with Crippen LogP contribution in [0.3, 0.4) is 0 Å². The summed E-state index contributed by atoms with van der Waals surface area (Å²) in [5.74, 6) is 0. The first kappa shape index (κ1) is 18.1. The SMILES string of the molecule is C=C[Si](C)(C=C)O[Si](C)(C)C.Cc1ccccc1C. The summed E-state index contributed by atoms with van der Waals surface area (Å²) in [7, 11) is -3.16. The Kier molecular flexibility index (Phi) is 7.26. The zero-order valence-electron chi connectivity index (χ0n) is 13.3. The summed E-state index contributed by atoms with van der Waals surface area (Å²) in [6.45, 7) is 20.5. The summed E-state index contributed by atoms with van der Waals surface area (Å²) in [5, 5.41) is 0. The molecule has 0 spiro atoms. The molecule has 19 heavy (non-hydrogen) atoms. The molecule has 0 N–H and O–H groups in total. The Hall–Kier alpha value is -0.906. The number of aryl methyl sites for hydroxylation is 2. The Labute approximate surface area is 121 Å². The summed E-state index contributed by atoms with van der Waals surface area (Å²) in [5.41, 5.74) is 6.59. The highest BCUT2D eigenvalue weighted by Gasteiger charge is 2.28. The fraction of sp³-hybridized carbons (Fsp3) is 0.375. The first-order valence-electron chi connectivity index (χ1n) is 6.63. The van der Waals surface area contributed by atoms with E-state index in [1.807, 2.05) is 11.4 Å². The molecule has 0 bridgehead atoms. The molecule has 0 fully saturated rings. The highest BCUT2D eigenvalue weighted by Crippen LogP contribution is 2.15. The summed E-state index contributed by atoms with van der Waals surface area (Å²) >= 11 is 0. The van der Waals surface area contributed by atoms with Gasteiger partial charge in [-0.1, -0.05) is 35.7 Å². The van der Waals surface area contributed by atoms with Gasteiger partial charge in [0, 0.05) is 0 Å². The van der Waals surface area contributed by atoms with Crippen LogP contribution in [-0.4, -0.2) is 16.6 Å². The van der Waals surface area contributed by atoms with Gasteiger partial charge in [0.15, 0.2) is 8.32 Å². The average Bonchev–Trinajstić information content (AvgIpc) is 2.32. The third kappa shape index (κ3) is 7.98. The topological polar surface area (TPSA) is 9.23 Å². The maximum absolute atomic E-state index is 5.97. The van der Waals surface area contributed by atoms with E-state index in [0.717, 1.165) is 0 Å². The van der Waals surface area contributed by atoms with Crippen molar-refractivity contribution < 1.29 is 4.12 Å². The van der Waals surface area contributed by atoms with E-state index in [-0.39, 0.29) is 0 Å². The maximum Gasteiger partial charge on any atom is 0.226 e. The van der Waals surface area contributed by atoms with Crippen LogP contribution in [0.15, 0.2) is 48.8 Å². The molecule has 0 aromatic heterocycles. The van der Waals surface area contributed by atoms with E-state index in [1.54, 1.807) is 0 Å². The van der Waals surface area contributed by atoms with E-state index in [4.69, 9.17) is 4.12 Å². The minimum absolute atomic E-state index is 1.37. The van der Waals surface area contributed by atoms with E-state index in [1.165, 1.54) is 11.1 Å². The molecule has 106 valence electrons. The van der Waals surface area contributed by atoms with Gasteiger partial charge in [-0.15, -0.1) is 13.2 Å². The molecule has 0 saturated carbocycles. The van der Waals surface area contributed by atoms with E-state index >= 15 is 0 Å². The Morgan fingerprint density at radius 1 is 0.895 bits per heavy atom. The molecular weight excluding hydrogens is 264 g/mol. The molecular formula is C16H28OSi2. The first-order valence-corrected chi connectivity index (χ1v) is 12.6. The van der Waals surface area contributed by atoms with Crippen LogP contribution in [0.2, 0.25) is 26.2 Å². The van der Waals surface area contributed by atoms with Crippen LogP contribution in [0.25, 0.3) is 0 Å². The third-order valence-electron chi connectivity index (χ3n) is 2.76. The van der Waals surface area contributed by atoms with Gasteiger partial charge in [0.05, 0.1) is 0 Å². The Morgan fingerprint density at radius 3 is 1.42 bits per heavy atom. The van der Waals surface area contributed by atoms with Crippen LogP contribution in [0, 0.1) is 13.8 Å². The minimum atomic E-state index is -1.74. The van der Waals surface area contributed by atoms with Crippen LogP contribution >= 0.6 is 0 Å². The first-order chi connectivity index (χ1) is 8.63. The number of hydrogen-bond acceptors (Lipinski definition) is 1. The second-order valence-corrected chi connectivity index (χ2v) is 14.1. The molecule has 0 radical (unpaired) electrons. The van der Waals surface area contributed by atoms with Crippen LogP contribution in [0.4, 0.5) is 0 Å². The molecule has 0 aliphatic carbocycles. The zero-order chi connectivity index (χ0) is 15.1. The molecule has 0 saturated heterocycles. The molecule has 0 heterocycles. The predicted octanol–water partition coefficient (Wildman–Crippen LogP) is 5.17. The van der Waals surface area contributed by atoms with Gasteiger partial charge >= 0.3 is 0 Å². The van der Waals surface area contributed by atoms with Crippen LogP contribution in [-0.2, 0) is 4.12 Å². The summed E-state index contributed by atoms with van der Waals surface area (Å²) < 4.78 is 5.97. The lowest BCUT2D eigenvalue weighted by Gasteiger charge is -2.29. The highest BCUT2D eigenvalue weighted by atomic mass is 28.4. The van der Waals surface area contributed by atoms with E-state index < -0.39 is 16.6 Å². The van der Waals surface area contributed by atoms with E-state index in [2.05, 4.69) is 77.5 Å². The van der Waals surface area contributed by atoms with Crippen LogP contribution < -0.4 is 0 Å². The maximum atomic E-state index is 5.97. The third-order valence-corrected chi connectivity index (χ3v) is 8.59. The number of rotatable bonds is 4. The van der Waals surface area contributed by atoms with Crippen molar-refractivity contribution in [3.8, 4) is 0 Å². The molecule has 1 aromatic carbocycles. The van der Waals surface area contributed by atoms with Crippen LogP contribution in [0.1, 0.15) is 11.1 Å². The van der Waals surface area contributed by atoms with Crippen molar-refractivity contribution in [3.63, 3.8) is 0 Å². The lowest BCUT2D eigenvalue weighted by Crippen LogP contribution is -2.41. The van der Waals surface area contributed by atoms with Crippen molar-refractivity contribution in [2.45, 2.75) is 40.0 Å². The molecule has 0 aliphatic heterocycles. The standard InChI is InChI=1S/C8H18OSi2.C8H10/c1-7-11(6,8-2)9-10(3,4)5;1-7-5-3-4-6-8(7)2/h7-8H,1-2H2,3-6H3;3-6H,1-2H3. The van der Waals surface area contributed by atoms with Crippen molar-refractivity contribution in [1.29, 1.82) is 0 Å². The molecule has 1 aromatic rings. The van der Waals surface area contributed by atoms with Gasteiger partial charge in [0.25, 0.3) is 0 Å². The normalized spacial score (nSPS) is 11.3. The van der Waals surface area contributed by atoms with Crippen molar-refractivity contribution in [3.05, 3.63) is 59.9 Å². The quantitative estimate of drug-likeness (QED) is 0.696. The lowest BCUT2D eigenvalue weighted by molar-refractivity contribution is 0.571. The van der Waals surface area contributed by atoms with Gasteiger partial charge in [0.2, 0.25) is 8.32 Å². The number of benzene rings is 1. The average molecular weight is 293 g/mol. The molecule has 0 aliphatic rings. The van der Waals surface area contributed by atoms with Gasteiger partial charge in [-0.25, -0.2) is 0 Å². The molecule has 0 unspecified atom stereocenters. The Balaban J connectivity index is 0.000000356. The highest BCUT2D eigenvalue weighted by molar-refractivity contribution is 6.90. The summed E-state index contributed by atoms with van der Waals surface area (Å²) in [4.78, 5) is 0. The zero-order valence-corrected chi connectivity index (χ0v) is 15.3. The monoisotopic (exact) mass is 292 g/mol. The number of hydrogen-bond donors (Lipinski definition) is 0. The van der Waals surface area contributed by atoms with Crippen molar-refractivity contribution in [1.82, 2.24) is 0 Å². The molecule has 3 heteroatoms. The van der Waals surface area contributed by atoms with Crippen molar-refractivity contribution >= 4 is 16.6 Å². The van der Waals surface area contributed by atoms with Crippen molar-refractivity contribution in [2.75, 3.05) is 0 Å². The van der Waals surface area contributed by atoms with Gasteiger partial charge < -0.3 is 4.12 Å². The Bertz CT molecular complexity index is 390. The Morgan fingerprint density at radius 2 is 1.26 bits per heavy atom.